The Balaban J connectivity index is 2.30. The van der Waals surface area contributed by atoms with E-state index in [0.29, 0.717) is 5.76 Å². The first kappa shape index (κ1) is 10.5. The van der Waals surface area contributed by atoms with Gasteiger partial charge >= 0.3 is 11.9 Å². The van der Waals surface area contributed by atoms with Crippen molar-refractivity contribution in [1.82, 2.24) is 0 Å². The van der Waals surface area contributed by atoms with Crippen LogP contribution in [-0.4, -0.2) is 17.7 Å². The second-order valence-electron chi connectivity index (χ2n) is 3.75. The Morgan fingerprint density at radius 3 is 2.31 bits per heavy atom. The van der Waals surface area contributed by atoms with Crippen molar-refractivity contribution in [3.8, 4) is 0 Å². The zero-order valence-electron chi connectivity index (χ0n) is 8.85. The Morgan fingerprint density at radius 2 is 1.81 bits per heavy atom. The summed E-state index contributed by atoms with van der Waals surface area (Å²) < 4.78 is 14.8. The highest BCUT2D eigenvalue weighted by Gasteiger charge is 2.38. The van der Waals surface area contributed by atoms with Crippen LogP contribution in [0.15, 0.2) is 28.4 Å². The summed E-state index contributed by atoms with van der Waals surface area (Å²) in [6, 6.07) is 3.27. The molecule has 1 aliphatic rings. The quantitative estimate of drug-likeness (QED) is 0.409. The van der Waals surface area contributed by atoms with Crippen molar-refractivity contribution in [3.05, 3.63) is 29.7 Å². The van der Waals surface area contributed by atoms with Gasteiger partial charge in [0.15, 0.2) is 0 Å². The molecule has 16 heavy (non-hydrogen) atoms. The number of cyclic esters (lactones) is 2. The molecule has 0 aromatic carbocycles. The van der Waals surface area contributed by atoms with Crippen LogP contribution in [0.1, 0.15) is 19.6 Å². The zero-order valence-corrected chi connectivity index (χ0v) is 8.85. The van der Waals surface area contributed by atoms with Crippen molar-refractivity contribution < 1.29 is 23.5 Å². The molecule has 0 atom stereocenters. The standard InChI is InChI=1S/C11H10O5/c1-11(2)15-9(12)8(10(13)16-11)6-7-4-3-5-14-7/h3-6H,1-2H3. The third kappa shape index (κ3) is 1.98. The van der Waals surface area contributed by atoms with Crippen LogP contribution in [0.3, 0.4) is 0 Å². The maximum absolute atomic E-state index is 11.5. The van der Waals surface area contributed by atoms with Crippen LogP contribution in [-0.2, 0) is 19.1 Å². The molecule has 0 unspecified atom stereocenters. The molecule has 0 spiro atoms. The largest absolute Gasteiger partial charge is 0.465 e. The molecule has 2 rings (SSSR count). The summed E-state index contributed by atoms with van der Waals surface area (Å²) in [4.78, 5) is 23.0. The lowest BCUT2D eigenvalue weighted by Crippen LogP contribution is -2.41. The molecular formula is C11H10O5. The molecule has 0 saturated carbocycles. The Kier molecular flexibility index (Phi) is 2.30. The Bertz CT molecular complexity index is 431. The van der Waals surface area contributed by atoms with E-state index in [1.807, 2.05) is 0 Å². The summed E-state index contributed by atoms with van der Waals surface area (Å²) in [7, 11) is 0. The van der Waals surface area contributed by atoms with Crippen molar-refractivity contribution in [3.63, 3.8) is 0 Å². The molecule has 0 bridgehead atoms. The highest BCUT2D eigenvalue weighted by molar-refractivity contribution is 6.18. The van der Waals surface area contributed by atoms with Crippen LogP contribution in [0.5, 0.6) is 0 Å². The van der Waals surface area contributed by atoms with Crippen molar-refractivity contribution in [2.75, 3.05) is 0 Å². The first-order chi connectivity index (χ1) is 7.48. The topological polar surface area (TPSA) is 65.7 Å². The third-order valence-corrected chi connectivity index (χ3v) is 1.95. The molecule has 84 valence electrons. The van der Waals surface area contributed by atoms with Gasteiger partial charge in [0.05, 0.1) is 6.26 Å². The first-order valence-electron chi connectivity index (χ1n) is 4.70. The Labute approximate surface area is 91.6 Å². The lowest BCUT2D eigenvalue weighted by atomic mass is 10.2. The second-order valence-corrected chi connectivity index (χ2v) is 3.75. The number of furan rings is 1. The van der Waals surface area contributed by atoms with E-state index in [-0.39, 0.29) is 5.57 Å². The lowest BCUT2D eigenvalue weighted by Gasteiger charge is -2.29. The molecule has 5 heteroatoms. The maximum atomic E-state index is 11.5. The third-order valence-electron chi connectivity index (χ3n) is 1.95. The second kappa shape index (κ2) is 3.52. The molecule has 0 radical (unpaired) electrons. The van der Waals surface area contributed by atoms with Crippen LogP contribution in [0.2, 0.25) is 0 Å². The van der Waals surface area contributed by atoms with Crippen molar-refractivity contribution in [2.45, 2.75) is 19.6 Å². The van der Waals surface area contributed by atoms with Gasteiger partial charge in [0.1, 0.15) is 11.3 Å². The fraction of sp³-hybridized carbons (Fsp3) is 0.273. The molecule has 0 aliphatic carbocycles. The van der Waals surface area contributed by atoms with Gasteiger partial charge in [-0.1, -0.05) is 0 Å². The van der Waals surface area contributed by atoms with Crippen LogP contribution in [0, 0.1) is 0 Å². The van der Waals surface area contributed by atoms with E-state index < -0.39 is 17.7 Å². The van der Waals surface area contributed by atoms with E-state index in [0.717, 1.165) is 0 Å². The molecule has 1 aromatic rings. The van der Waals surface area contributed by atoms with Crippen LogP contribution < -0.4 is 0 Å². The van der Waals surface area contributed by atoms with E-state index >= 15 is 0 Å². The summed E-state index contributed by atoms with van der Waals surface area (Å²) in [5.74, 6) is -2.24. The van der Waals surface area contributed by atoms with Gasteiger partial charge < -0.3 is 13.9 Å². The average Bonchev–Trinajstić information content (AvgIpc) is 2.62. The monoisotopic (exact) mass is 222 g/mol. The van der Waals surface area contributed by atoms with Crippen LogP contribution in [0.25, 0.3) is 6.08 Å². The zero-order chi connectivity index (χ0) is 11.8. The number of carbonyl (C=O) groups is 2. The number of esters is 2. The number of hydrogen-bond acceptors (Lipinski definition) is 5. The van der Waals surface area contributed by atoms with Gasteiger partial charge in [0, 0.05) is 19.9 Å². The summed E-state index contributed by atoms with van der Waals surface area (Å²) in [6.45, 7) is 2.99. The van der Waals surface area contributed by atoms with E-state index in [1.54, 1.807) is 12.1 Å². The minimum absolute atomic E-state index is 0.172. The van der Waals surface area contributed by atoms with E-state index in [9.17, 15) is 9.59 Å². The van der Waals surface area contributed by atoms with Gasteiger partial charge in [-0.05, 0) is 12.1 Å². The van der Waals surface area contributed by atoms with Crippen molar-refractivity contribution in [1.29, 1.82) is 0 Å². The van der Waals surface area contributed by atoms with Gasteiger partial charge in [-0.3, -0.25) is 0 Å². The van der Waals surface area contributed by atoms with E-state index in [4.69, 9.17) is 13.9 Å². The van der Waals surface area contributed by atoms with Crippen molar-refractivity contribution in [2.24, 2.45) is 0 Å². The number of carbonyl (C=O) groups excluding carboxylic acids is 2. The summed E-state index contributed by atoms with van der Waals surface area (Å²) in [5, 5.41) is 0. The molecule has 5 nitrogen and oxygen atoms in total. The number of hydrogen-bond donors (Lipinski definition) is 0. The molecule has 0 N–H and O–H groups in total. The molecule has 0 amide bonds. The summed E-state index contributed by atoms with van der Waals surface area (Å²) in [5.41, 5.74) is -0.172. The predicted octanol–water partition coefficient (Wildman–Crippen LogP) is 1.50. The molecule has 2 heterocycles. The Morgan fingerprint density at radius 1 is 1.19 bits per heavy atom. The fourth-order valence-electron chi connectivity index (χ4n) is 1.29. The lowest BCUT2D eigenvalue weighted by molar-refractivity contribution is -0.222. The smallest absolute Gasteiger partial charge is 0.348 e. The number of ether oxygens (including phenoxy) is 2. The van der Waals surface area contributed by atoms with Gasteiger partial charge in [-0.2, -0.15) is 0 Å². The molecule has 1 aliphatic heterocycles. The van der Waals surface area contributed by atoms with Gasteiger partial charge in [-0.25, -0.2) is 9.59 Å². The first-order valence-corrected chi connectivity index (χ1v) is 4.70. The van der Waals surface area contributed by atoms with Gasteiger partial charge in [0.25, 0.3) is 5.79 Å². The molecule has 1 saturated heterocycles. The Hall–Kier alpha value is -2.04. The van der Waals surface area contributed by atoms with Gasteiger partial charge in [-0.15, -0.1) is 0 Å². The summed E-state index contributed by atoms with van der Waals surface area (Å²) >= 11 is 0. The van der Waals surface area contributed by atoms with Gasteiger partial charge in [0.2, 0.25) is 0 Å². The SMILES string of the molecule is CC1(C)OC(=O)C(=Cc2ccco2)C(=O)O1. The molecule has 1 aromatic heterocycles. The van der Waals surface area contributed by atoms with E-state index in [2.05, 4.69) is 0 Å². The minimum Gasteiger partial charge on any atom is -0.465 e. The highest BCUT2D eigenvalue weighted by Crippen LogP contribution is 2.24. The highest BCUT2D eigenvalue weighted by atomic mass is 16.7. The average molecular weight is 222 g/mol. The normalized spacial score (nSPS) is 19.0. The number of rotatable bonds is 1. The molecular weight excluding hydrogens is 212 g/mol. The van der Waals surface area contributed by atoms with E-state index in [1.165, 1.54) is 26.2 Å². The van der Waals surface area contributed by atoms with Crippen LogP contribution >= 0.6 is 0 Å². The maximum Gasteiger partial charge on any atom is 0.348 e. The van der Waals surface area contributed by atoms with Crippen LogP contribution in [0.4, 0.5) is 0 Å². The predicted molar refractivity (Wildman–Crippen MR) is 52.9 cm³/mol. The van der Waals surface area contributed by atoms with Crippen molar-refractivity contribution >= 4 is 18.0 Å². The minimum atomic E-state index is -1.21. The fourth-order valence-corrected chi connectivity index (χ4v) is 1.29. The summed E-state index contributed by atoms with van der Waals surface area (Å²) in [6.07, 6.45) is 2.73. The molecule has 1 fully saturated rings.